The molecule has 3 rings (SSSR count). The van der Waals surface area contributed by atoms with E-state index in [0.29, 0.717) is 5.69 Å². The van der Waals surface area contributed by atoms with Gasteiger partial charge in [-0.25, -0.2) is 4.98 Å². The number of likely N-dealkylation sites (tertiary alicyclic amines) is 1. The summed E-state index contributed by atoms with van der Waals surface area (Å²) < 4.78 is 2.06. The molecule has 1 aliphatic rings. The molecule has 120 valence electrons. The fourth-order valence-electron chi connectivity index (χ4n) is 3.05. The molecule has 5 nitrogen and oxygen atoms in total. The molecule has 0 saturated carbocycles. The smallest absolute Gasteiger partial charge is 0.274 e. The molecule has 0 spiro atoms. The van der Waals surface area contributed by atoms with Gasteiger partial charge in [-0.15, -0.1) is 11.3 Å². The molecule has 0 bridgehead atoms. The quantitative estimate of drug-likeness (QED) is 0.873. The number of fused-ring (bicyclic) bond motifs is 1. The first-order valence-electron chi connectivity index (χ1n) is 8.05. The number of carbonyl (C=O) groups excluding carboxylic acids is 1. The van der Waals surface area contributed by atoms with E-state index in [0.717, 1.165) is 43.1 Å². The van der Waals surface area contributed by atoms with Gasteiger partial charge in [0.15, 0.2) is 10.7 Å². The molecular formula is C16H24N4OS. The molecule has 0 atom stereocenters. The van der Waals surface area contributed by atoms with Gasteiger partial charge in [-0.2, -0.15) is 0 Å². The minimum absolute atomic E-state index is 0.106. The highest BCUT2D eigenvalue weighted by atomic mass is 32.1. The summed E-state index contributed by atoms with van der Waals surface area (Å²) in [6, 6.07) is 0. The molecule has 0 aromatic carbocycles. The zero-order valence-corrected chi connectivity index (χ0v) is 14.2. The van der Waals surface area contributed by atoms with E-state index < -0.39 is 0 Å². The van der Waals surface area contributed by atoms with Crippen molar-refractivity contribution in [3.8, 4) is 0 Å². The lowest BCUT2D eigenvalue weighted by molar-refractivity contribution is 0.0735. The van der Waals surface area contributed by atoms with Crippen molar-refractivity contribution in [1.82, 2.24) is 19.2 Å². The fraction of sp³-hybridized carbons (Fsp3) is 0.625. The summed E-state index contributed by atoms with van der Waals surface area (Å²) in [6.45, 7) is 2.46. The third kappa shape index (κ3) is 3.17. The van der Waals surface area contributed by atoms with Gasteiger partial charge < -0.3 is 9.80 Å². The summed E-state index contributed by atoms with van der Waals surface area (Å²) in [5, 5.41) is 2.02. The number of thiazole rings is 1. The van der Waals surface area contributed by atoms with Gasteiger partial charge in [-0.1, -0.05) is 19.3 Å². The monoisotopic (exact) mass is 320 g/mol. The molecule has 0 radical (unpaired) electrons. The summed E-state index contributed by atoms with van der Waals surface area (Å²) in [7, 11) is 4.05. The Labute approximate surface area is 135 Å². The SMILES string of the molecule is CN(C)Cc1c(C(=O)N2CCCCCCC2)nc2sccn12. The van der Waals surface area contributed by atoms with E-state index >= 15 is 0 Å². The van der Waals surface area contributed by atoms with Crippen LogP contribution in [0.1, 0.15) is 48.3 Å². The van der Waals surface area contributed by atoms with Crippen LogP contribution in [0.3, 0.4) is 0 Å². The van der Waals surface area contributed by atoms with Gasteiger partial charge in [0.2, 0.25) is 0 Å². The molecule has 0 N–H and O–H groups in total. The van der Waals surface area contributed by atoms with Crippen molar-refractivity contribution in [1.29, 1.82) is 0 Å². The molecule has 0 unspecified atom stereocenters. The van der Waals surface area contributed by atoms with E-state index in [4.69, 9.17) is 0 Å². The average molecular weight is 320 g/mol. The maximum atomic E-state index is 13.0. The second-order valence-electron chi connectivity index (χ2n) is 6.26. The van der Waals surface area contributed by atoms with E-state index in [1.54, 1.807) is 11.3 Å². The highest BCUT2D eigenvalue weighted by Gasteiger charge is 2.24. The predicted molar refractivity (Wildman–Crippen MR) is 89.4 cm³/mol. The van der Waals surface area contributed by atoms with Crippen LogP contribution in [0.25, 0.3) is 4.96 Å². The molecule has 6 heteroatoms. The molecule has 2 aromatic rings. The van der Waals surface area contributed by atoms with Gasteiger partial charge in [-0.3, -0.25) is 9.20 Å². The largest absolute Gasteiger partial charge is 0.337 e. The van der Waals surface area contributed by atoms with Crippen molar-refractivity contribution < 1.29 is 4.79 Å². The Morgan fingerprint density at radius 2 is 1.91 bits per heavy atom. The van der Waals surface area contributed by atoms with Gasteiger partial charge in [-0.05, 0) is 26.9 Å². The van der Waals surface area contributed by atoms with Crippen molar-refractivity contribution in [2.75, 3.05) is 27.2 Å². The van der Waals surface area contributed by atoms with E-state index in [-0.39, 0.29) is 5.91 Å². The lowest BCUT2D eigenvalue weighted by atomic mass is 10.1. The molecule has 1 aliphatic heterocycles. The molecule has 3 heterocycles. The number of hydrogen-bond donors (Lipinski definition) is 0. The van der Waals surface area contributed by atoms with Crippen molar-refractivity contribution >= 4 is 22.2 Å². The Morgan fingerprint density at radius 3 is 2.59 bits per heavy atom. The Balaban J connectivity index is 1.90. The molecule has 0 aliphatic carbocycles. The van der Waals surface area contributed by atoms with Crippen LogP contribution in [0.4, 0.5) is 0 Å². The van der Waals surface area contributed by atoms with E-state index in [1.807, 2.05) is 30.6 Å². The summed E-state index contributed by atoms with van der Waals surface area (Å²) >= 11 is 1.58. The molecule has 2 aromatic heterocycles. The second-order valence-corrected chi connectivity index (χ2v) is 7.13. The molecular weight excluding hydrogens is 296 g/mol. The average Bonchev–Trinajstić information content (AvgIpc) is 3.00. The number of rotatable bonds is 3. The summed E-state index contributed by atoms with van der Waals surface area (Å²) in [5.74, 6) is 0.106. The number of nitrogens with zero attached hydrogens (tertiary/aromatic N) is 4. The Bertz CT molecular complexity index is 638. The number of amides is 1. The van der Waals surface area contributed by atoms with Crippen molar-refractivity contribution in [2.45, 2.75) is 38.6 Å². The van der Waals surface area contributed by atoms with E-state index in [9.17, 15) is 4.79 Å². The lowest BCUT2D eigenvalue weighted by Gasteiger charge is -2.24. The van der Waals surface area contributed by atoms with Crippen LogP contribution in [-0.2, 0) is 6.54 Å². The predicted octanol–water partition coefficient (Wildman–Crippen LogP) is 2.86. The van der Waals surface area contributed by atoms with Gasteiger partial charge in [0.25, 0.3) is 5.91 Å². The second kappa shape index (κ2) is 6.79. The van der Waals surface area contributed by atoms with E-state index in [1.165, 1.54) is 19.3 Å². The van der Waals surface area contributed by atoms with Gasteiger partial charge in [0.1, 0.15) is 0 Å². The minimum atomic E-state index is 0.106. The van der Waals surface area contributed by atoms with Crippen LogP contribution in [0.15, 0.2) is 11.6 Å². The molecule has 1 amide bonds. The minimum Gasteiger partial charge on any atom is -0.337 e. The first-order chi connectivity index (χ1) is 10.7. The first kappa shape index (κ1) is 15.5. The van der Waals surface area contributed by atoms with Gasteiger partial charge in [0, 0.05) is 31.2 Å². The zero-order valence-electron chi connectivity index (χ0n) is 13.4. The maximum absolute atomic E-state index is 13.0. The van der Waals surface area contributed by atoms with Crippen LogP contribution < -0.4 is 0 Å². The van der Waals surface area contributed by atoms with Crippen LogP contribution >= 0.6 is 11.3 Å². The fourth-order valence-corrected chi connectivity index (χ4v) is 3.79. The third-order valence-electron chi connectivity index (χ3n) is 4.17. The summed E-state index contributed by atoms with van der Waals surface area (Å²) in [5.41, 5.74) is 1.65. The highest BCUT2D eigenvalue weighted by Crippen LogP contribution is 2.21. The summed E-state index contributed by atoms with van der Waals surface area (Å²) in [6.07, 6.45) is 7.98. The van der Waals surface area contributed by atoms with Crippen LogP contribution in [0.5, 0.6) is 0 Å². The number of carbonyl (C=O) groups is 1. The highest BCUT2D eigenvalue weighted by molar-refractivity contribution is 7.15. The lowest BCUT2D eigenvalue weighted by Crippen LogP contribution is -2.35. The van der Waals surface area contributed by atoms with Crippen LogP contribution in [-0.4, -0.2) is 52.3 Å². The van der Waals surface area contributed by atoms with Crippen molar-refractivity contribution in [3.05, 3.63) is 23.0 Å². The van der Waals surface area contributed by atoms with Crippen LogP contribution in [0.2, 0.25) is 0 Å². The van der Waals surface area contributed by atoms with Crippen molar-refractivity contribution in [3.63, 3.8) is 0 Å². The first-order valence-corrected chi connectivity index (χ1v) is 8.93. The van der Waals surface area contributed by atoms with Gasteiger partial charge in [0.05, 0.1) is 5.69 Å². The van der Waals surface area contributed by atoms with Gasteiger partial charge >= 0.3 is 0 Å². The number of hydrogen-bond acceptors (Lipinski definition) is 4. The Morgan fingerprint density at radius 1 is 1.23 bits per heavy atom. The number of imidazole rings is 1. The molecule has 22 heavy (non-hydrogen) atoms. The zero-order chi connectivity index (χ0) is 15.5. The topological polar surface area (TPSA) is 40.9 Å². The van der Waals surface area contributed by atoms with E-state index in [2.05, 4.69) is 14.3 Å². The molecule has 1 fully saturated rings. The maximum Gasteiger partial charge on any atom is 0.274 e. The van der Waals surface area contributed by atoms with Crippen LogP contribution in [0, 0.1) is 0 Å². The third-order valence-corrected chi connectivity index (χ3v) is 4.93. The van der Waals surface area contributed by atoms with Crippen molar-refractivity contribution in [2.24, 2.45) is 0 Å². The standard InChI is InChI=1S/C16H24N4OS/c1-18(2)12-13-14(17-16-20(13)10-11-22-16)15(21)19-8-6-4-3-5-7-9-19/h10-11H,3-9,12H2,1-2H3. The Hall–Kier alpha value is -1.40. The summed E-state index contributed by atoms with van der Waals surface area (Å²) in [4.78, 5) is 22.6. The normalized spacial score (nSPS) is 17.0. The number of aromatic nitrogens is 2. The Kier molecular flexibility index (Phi) is 4.78. The molecule has 1 saturated heterocycles.